The monoisotopic (exact) mass is 241 g/mol. The fraction of sp³-hybridized carbons (Fsp3) is 0.400. The molecule has 0 spiro atoms. The highest BCUT2D eigenvalue weighted by Gasteiger charge is 2.09. The van der Waals surface area contributed by atoms with E-state index in [0.717, 1.165) is 35.5 Å². The Labute approximate surface area is 86.4 Å². The van der Waals surface area contributed by atoms with Gasteiger partial charge in [-0.2, -0.15) is 0 Å². The Morgan fingerprint density at radius 2 is 2.23 bits per heavy atom. The van der Waals surface area contributed by atoms with Crippen molar-refractivity contribution in [1.29, 1.82) is 0 Å². The molecule has 0 unspecified atom stereocenters. The summed E-state index contributed by atoms with van der Waals surface area (Å²) in [6, 6.07) is 6.06. The van der Waals surface area contributed by atoms with Crippen LogP contribution in [0.2, 0.25) is 0 Å². The second-order valence-corrected chi connectivity index (χ2v) is 3.95. The minimum Gasteiger partial charge on any atom is -0.490 e. The van der Waals surface area contributed by atoms with E-state index in [1.807, 2.05) is 18.2 Å². The van der Waals surface area contributed by atoms with Gasteiger partial charge in [0.05, 0.1) is 16.8 Å². The maximum atomic E-state index is 5.65. The molecule has 0 aromatic heterocycles. The van der Waals surface area contributed by atoms with Crippen molar-refractivity contribution in [2.75, 3.05) is 18.5 Å². The van der Waals surface area contributed by atoms with Gasteiger partial charge in [-0.1, -0.05) is 6.07 Å². The van der Waals surface area contributed by atoms with E-state index in [1.54, 1.807) is 0 Å². The second kappa shape index (κ2) is 4.01. The molecule has 2 rings (SSSR count). The molecule has 3 heteroatoms. The van der Waals surface area contributed by atoms with Crippen molar-refractivity contribution in [3.05, 3.63) is 22.7 Å². The van der Waals surface area contributed by atoms with E-state index in [1.165, 1.54) is 6.42 Å². The summed E-state index contributed by atoms with van der Waals surface area (Å²) in [5.74, 6) is 0.946. The lowest BCUT2D eigenvalue weighted by Crippen LogP contribution is -2.10. The summed E-state index contributed by atoms with van der Waals surface area (Å²) in [6.45, 7) is 1.85. The molecule has 1 aromatic rings. The zero-order valence-electron chi connectivity index (χ0n) is 7.35. The maximum Gasteiger partial charge on any atom is 0.156 e. The average molecular weight is 242 g/mol. The van der Waals surface area contributed by atoms with Crippen molar-refractivity contribution in [3.8, 4) is 5.75 Å². The summed E-state index contributed by atoms with van der Waals surface area (Å²) in [7, 11) is 0. The van der Waals surface area contributed by atoms with Gasteiger partial charge < -0.3 is 10.1 Å². The number of anilines is 1. The van der Waals surface area contributed by atoms with Gasteiger partial charge in [-0.3, -0.25) is 0 Å². The van der Waals surface area contributed by atoms with Crippen molar-refractivity contribution in [2.24, 2.45) is 0 Å². The van der Waals surface area contributed by atoms with E-state index >= 15 is 0 Å². The first kappa shape index (κ1) is 8.88. The number of hydrogen-bond donors (Lipinski definition) is 1. The van der Waals surface area contributed by atoms with E-state index < -0.39 is 0 Å². The molecule has 0 amide bonds. The molecule has 2 nitrogen and oxygen atoms in total. The van der Waals surface area contributed by atoms with Gasteiger partial charge in [-0.25, -0.2) is 0 Å². The van der Waals surface area contributed by atoms with E-state index in [4.69, 9.17) is 4.74 Å². The third-order valence-electron chi connectivity index (χ3n) is 2.10. The van der Waals surface area contributed by atoms with Crippen LogP contribution < -0.4 is 10.1 Å². The number of benzene rings is 1. The summed E-state index contributed by atoms with van der Waals surface area (Å²) in [5.41, 5.74) is 1.09. The van der Waals surface area contributed by atoms with Crippen molar-refractivity contribution in [1.82, 2.24) is 0 Å². The molecule has 0 fully saturated rings. The van der Waals surface area contributed by atoms with Gasteiger partial charge in [0.1, 0.15) is 0 Å². The predicted octanol–water partition coefficient (Wildman–Crippen LogP) is 3.03. The summed E-state index contributed by atoms with van der Waals surface area (Å²) in [5, 5.41) is 3.35. The number of hydrogen-bond acceptors (Lipinski definition) is 2. The van der Waals surface area contributed by atoms with Gasteiger partial charge in [-0.05, 0) is 40.9 Å². The number of ether oxygens (including phenoxy) is 1. The van der Waals surface area contributed by atoms with Gasteiger partial charge in [0.2, 0.25) is 0 Å². The zero-order chi connectivity index (χ0) is 9.10. The molecule has 0 saturated heterocycles. The van der Waals surface area contributed by atoms with Gasteiger partial charge in [0, 0.05) is 6.54 Å². The van der Waals surface area contributed by atoms with Crippen molar-refractivity contribution >= 4 is 21.6 Å². The summed E-state index contributed by atoms with van der Waals surface area (Å²) in [4.78, 5) is 0. The standard InChI is InChI=1S/C10H12BrNO/c11-8-4-3-5-9-10(8)13-7-2-1-6-12-9/h3-5,12H,1-2,6-7H2. The number of para-hydroxylation sites is 1. The Bertz CT molecular complexity index is 301. The highest BCUT2D eigenvalue weighted by molar-refractivity contribution is 9.10. The summed E-state index contributed by atoms with van der Waals surface area (Å²) in [6.07, 6.45) is 2.29. The lowest BCUT2D eigenvalue weighted by molar-refractivity contribution is 0.304. The quantitative estimate of drug-likeness (QED) is 0.754. The lowest BCUT2D eigenvalue weighted by Gasteiger charge is -2.17. The Balaban J connectivity index is 2.33. The minimum absolute atomic E-state index is 0.817. The largest absolute Gasteiger partial charge is 0.490 e. The zero-order valence-corrected chi connectivity index (χ0v) is 8.93. The van der Waals surface area contributed by atoms with E-state index in [9.17, 15) is 0 Å². The Kier molecular flexibility index (Phi) is 2.74. The second-order valence-electron chi connectivity index (χ2n) is 3.10. The molecule has 0 aliphatic carbocycles. The molecule has 0 bridgehead atoms. The van der Waals surface area contributed by atoms with E-state index in [2.05, 4.69) is 21.2 Å². The molecule has 0 radical (unpaired) electrons. The third-order valence-corrected chi connectivity index (χ3v) is 2.72. The van der Waals surface area contributed by atoms with Crippen LogP contribution in [0.4, 0.5) is 5.69 Å². The van der Waals surface area contributed by atoms with E-state index in [-0.39, 0.29) is 0 Å². The lowest BCUT2D eigenvalue weighted by atomic mass is 10.2. The molecule has 1 aliphatic rings. The summed E-state index contributed by atoms with van der Waals surface area (Å²) < 4.78 is 6.68. The molecule has 0 saturated carbocycles. The molecule has 0 atom stereocenters. The number of rotatable bonds is 0. The highest BCUT2D eigenvalue weighted by Crippen LogP contribution is 2.33. The molecule has 1 heterocycles. The molecule has 1 N–H and O–H groups in total. The van der Waals surface area contributed by atoms with Crippen molar-refractivity contribution in [2.45, 2.75) is 12.8 Å². The molecule has 1 aromatic carbocycles. The van der Waals surface area contributed by atoms with Crippen LogP contribution in [-0.4, -0.2) is 13.2 Å². The molecular weight excluding hydrogens is 230 g/mol. The van der Waals surface area contributed by atoms with Crippen LogP contribution in [0.15, 0.2) is 22.7 Å². The fourth-order valence-corrected chi connectivity index (χ4v) is 1.90. The van der Waals surface area contributed by atoms with E-state index in [0.29, 0.717) is 0 Å². The highest BCUT2D eigenvalue weighted by atomic mass is 79.9. The summed E-state index contributed by atoms with van der Waals surface area (Å²) >= 11 is 3.48. The van der Waals surface area contributed by atoms with Gasteiger partial charge >= 0.3 is 0 Å². The first-order valence-corrected chi connectivity index (χ1v) is 5.32. The van der Waals surface area contributed by atoms with Crippen LogP contribution in [0.3, 0.4) is 0 Å². The average Bonchev–Trinajstić information content (AvgIpc) is 2.07. The molecular formula is C10H12BrNO. The van der Waals surface area contributed by atoms with Crippen LogP contribution in [0.5, 0.6) is 5.75 Å². The van der Waals surface area contributed by atoms with Crippen LogP contribution in [-0.2, 0) is 0 Å². The fourth-order valence-electron chi connectivity index (χ4n) is 1.42. The van der Waals surface area contributed by atoms with Crippen molar-refractivity contribution in [3.63, 3.8) is 0 Å². The number of nitrogens with one attached hydrogen (secondary N) is 1. The first-order valence-electron chi connectivity index (χ1n) is 4.53. The first-order chi connectivity index (χ1) is 6.38. The minimum atomic E-state index is 0.817. The van der Waals surface area contributed by atoms with Crippen LogP contribution in [0.25, 0.3) is 0 Å². The molecule has 1 aliphatic heterocycles. The number of fused-ring (bicyclic) bond motifs is 1. The molecule has 13 heavy (non-hydrogen) atoms. The van der Waals surface area contributed by atoms with Crippen molar-refractivity contribution < 1.29 is 4.74 Å². The Morgan fingerprint density at radius 1 is 1.31 bits per heavy atom. The van der Waals surface area contributed by atoms with Crippen LogP contribution in [0.1, 0.15) is 12.8 Å². The predicted molar refractivity (Wildman–Crippen MR) is 57.4 cm³/mol. The normalized spacial score (nSPS) is 16.1. The van der Waals surface area contributed by atoms with Crippen LogP contribution in [0, 0.1) is 0 Å². The van der Waals surface area contributed by atoms with Gasteiger partial charge in [0.25, 0.3) is 0 Å². The van der Waals surface area contributed by atoms with Gasteiger partial charge in [0.15, 0.2) is 5.75 Å². The molecule has 70 valence electrons. The smallest absolute Gasteiger partial charge is 0.156 e. The SMILES string of the molecule is Brc1cccc2c1OCCCCN2. The Morgan fingerprint density at radius 3 is 3.15 bits per heavy atom. The van der Waals surface area contributed by atoms with Crippen LogP contribution >= 0.6 is 15.9 Å². The third kappa shape index (κ3) is 1.97. The van der Waals surface area contributed by atoms with Gasteiger partial charge in [-0.15, -0.1) is 0 Å². The Hall–Kier alpha value is -0.700. The number of halogens is 1. The maximum absolute atomic E-state index is 5.65. The topological polar surface area (TPSA) is 21.3 Å².